The number of rotatable bonds is 0. The first-order chi connectivity index (χ1) is 7.14. The molecule has 0 amide bonds. The van der Waals surface area contributed by atoms with Crippen LogP contribution in [0, 0.1) is 11.3 Å². The Morgan fingerprint density at radius 3 is 2.80 bits per heavy atom. The zero-order valence-electron chi connectivity index (χ0n) is 10.4. The molecule has 2 aliphatic rings. The first kappa shape index (κ1) is 13.5. The SMILES string of the molecule is CC.CC1C(I)CC=C2CNCCC21C. The summed E-state index contributed by atoms with van der Waals surface area (Å²) in [5.41, 5.74) is 2.16. The highest BCUT2D eigenvalue weighted by Gasteiger charge is 2.41. The van der Waals surface area contributed by atoms with E-state index in [9.17, 15) is 0 Å². The van der Waals surface area contributed by atoms with Crippen molar-refractivity contribution < 1.29 is 0 Å². The molecular formula is C13H24IN. The van der Waals surface area contributed by atoms with Crippen LogP contribution >= 0.6 is 22.6 Å². The van der Waals surface area contributed by atoms with E-state index < -0.39 is 0 Å². The van der Waals surface area contributed by atoms with Crippen LogP contribution in [0.2, 0.25) is 0 Å². The third-order valence-electron chi connectivity index (χ3n) is 4.01. The molecule has 1 saturated heterocycles. The van der Waals surface area contributed by atoms with Crippen molar-refractivity contribution in [1.82, 2.24) is 5.32 Å². The summed E-state index contributed by atoms with van der Waals surface area (Å²) in [6.07, 6.45) is 5.07. The molecule has 15 heavy (non-hydrogen) atoms. The summed E-state index contributed by atoms with van der Waals surface area (Å²) in [5, 5.41) is 3.47. The summed E-state index contributed by atoms with van der Waals surface area (Å²) in [6, 6.07) is 0. The average Bonchev–Trinajstić information content (AvgIpc) is 2.28. The fraction of sp³-hybridized carbons (Fsp3) is 0.846. The second kappa shape index (κ2) is 5.67. The first-order valence-corrected chi connectivity index (χ1v) is 7.43. The molecule has 1 N–H and O–H groups in total. The van der Waals surface area contributed by atoms with Gasteiger partial charge in [-0.15, -0.1) is 0 Å². The maximum atomic E-state index is 3.47. The van der Waals surface area contributed by atoms with Gasteiger partial charge in [-0.25, -0.2) is 0 Å². The highest BCUT2D eigenvalue weighted by Crippen LogP contribution is 2.47. The summed E-state index contributed by atoms with van der Waals surface area (Å²) in [5.74, 6) is 0.843. The van der Waals surface area contributed by atoms with Gasteiger partial charge in [0.05, 0.1) is 0 Å². The smallest absolute Gasteiger partial charge is 0.0178 e. The maximum Gasteiger partial charge on any atom is 0.0178 e. The third kappa shape index (κ3) is 2.57. The van der Waals surface area contributed by atoms with Gasteiger partial charge >= 0.3 is 0 Å². The molecule has 0 aromatic carbocycles. The van der Waals surface area contributed by atoms with Crippen molar-refractivity contribution >= 4 is 22.6 Å². The molecule has 1 aliphatic carbocycles. The van der Waals surface area contributed by atoms with E-state index >= 15 is 0 Å². The van der Waals surface area contributed by atoms with E-state index in [0.717, 1.165) is 16.4 Å². The zero-order valence-corrected chi connectivity index (χ0v) is 12.6. The molecule has 3 atom stereocenters. The van der Waals surface area contributed by atoms with Gasteiger partial charge < -0.3 is 5.32 Å². The lowest BCUT2D eigenvalue weighted by Crippen LogP contribution is -2.45. The van der Waals surface area contributed by atoms with Gasteiger partial charge in [0.2, 0.25) is 0 Å². The van der Waals surface area contributed by atoms with Gasteiger partial charge in [0.15, 0.2) is 0 Å². The Hall–Kier alpha value is 0.430. The second-order valence-electron chi connectivity index (χ2n) is 4.61. The Balaban J connectivity index is 0.000000531. The molecule has 88 valence electrons. The molecule has 3 unspecified atom stereocenters. The van der Waals surface area contributed by atoms with Crippen molar-refractivity contribution in [2.75, 3.05) is 13.1 Å². The van der Waals surface area contributed by atoms with Crippen molar-refractivity contribution in [3.8, 4) is 0 Å². The van der Waals surface area contributed by atoms with Crippen molar-refractivity contribution in [2.24, 2.45) is 11.3 Å². The molecule has 0 aromatic heterocycles. The summed E-state index contributed by atoms with van der Waals surface area (Å²) >= 11 is 2.62. The van der Waals surface area contributed by atoms with E-state index in [1.807, 2.05) is 13.8 Å². The van der Waals surface area contributed by atoms with Crippen LogP contribution in [0.15, 0.2) is 11.6 Å². The van der Waals surface area contributed by atoms with Gasteiger partial charge in [-0.1, -0.05) is 61.9 Å². The van der Waals surface area contributed by atoms with Crippen molar-refractivity contribution in [3.05, 3.63) is 11.6 Å². The number of hydrogen-bond donors (Lipinski definition) is 1. The Kier molecular flexibility index (Phi) is 5.10. The van der Waals surface area contributed by atoms with Gasteiger partial charge in [0.1, 0.15) is 0 Å². The summed E-state index contributed by atoms with van der Waals surface area (Å²) in [6.45, 7) is 11.2. The average molecular weight is 321 g/mol. The fourth-order valence-electron chi connectivity index (χ4n) is 2.62. The van der Waals surface area contributed by atoms with Gasteiger partial charge in [0, 0.05) is 10.5 Å². The van der Waals surface area contributed by atoms with Crippen LogP contribution in [-0.4, -0.2) is 17.0 Å². The van der Waals surface area contributed by atoms with E-state index in [4.69, 9.17) is 0 Å². The lowest BCUT2D eigenvalue weighted by molar-refractivity contribution is 0.196. The molecule has 1 heterocycles. The van der Waals surface area contributed by atoms with Gasteiger partial charge in [0.25, 0.3) is 0 Å². The summed E-state index contributed by atoms with van der Waals surface area (Å²) in [4.78, 5) is 0. The predicted molar refractivity (Wildman–Crippen MR) is 76.6 cm³/mol. The molecule has 0 spiro atoms. The molecule has 2 rings (SSSR count). The standard InChI is InChI=1S/C11H18IN.C2H6/c1-8-10(12)4-3-9-7-13-6-5-11(8,9)2;1-2/h3,8,10,13H,4-7H2,1-2H3;1-2H3. The highest BCUT2D eigenvalue weighted by molar-refractivity contribution is 14.1. The molecule has 0 aromatic rings. The number of nitrogens with one attached hydrogen (secondary N) is 1. The third-order valence-corrected chi connectivity index (χ3v) is 5.59. The van der Waals surface area contributed by atoms with Crippen LogP contribution in [0.25, 0.3) is 0 Å². The van der Waals surface area contributed by atoms with Crippen LogP contribution in [0.3, 0.4) is 0 Å². The molecule has 1 nitrogen and oxygen atoms in total. The predicted octanol–water partition coefficient (Wildman–Crippen LogP) is 3.78. The number of allylic oxidation sites excluding steroid dienone is 1. The second-order valence-corrected chi connectivity index (χ2v) is 6.21. The fourth-order valence-corrected chi connectivity index (χ4v) is 3.67. The van der Waals surface area contributed by atoms with Crippen LogP contribution in [0.1, 0.15) is 40.5 Å². The quantitative estimate of drug-likeness (QED) is 0.407. The Morgan fingerprint density at radius 2 is 2.13 bits per heavy atom. The van der Waals surface area contributed by atoms with Crippen molar-refractivity contribution in [1.29, 1.82) is 0 Å². The Labute approximate surface area is 108 Å². The van der Waals surface area contributed by atoms with Crippen molar-refractivity contribution in [2.45, 2.75) is 44.5 Å². The normalized spacial score (nSPS) is 39.7. The van der Waals surface area contributed by atoms with Crippen LogP contribution in [0.4, 0.5) is 0 Å². The molecule has 0 saturated carbocycles. The molecule has 1 fully saturated rings. The van der Waals surface area contributed by atoms with Crippen molar-refractivity contribution in [3.63, 3.8) is 0 Å². The van der Waals surface area contributed by atoms with E-state index in [1.165, 1.54) is 19.4 Å². The van der Waals surface area contributed by atoms with Crippen LogP contribution in [-0.2, 0) is 0 Å². The van der Waals surface area contributed by atoms with E-state index in [0.29, 0.717) is 5.41 Å². The van der Waals surface area contributed by atoms with E-state index in [1.54, 1.807) is 5.57 Å². The monoisotopic (exact) mass is 321 g/mol. The number of halogens is 1. The topological polar surface area (TPSA) is 12.0 Å². The molecule has 1 aliphatic heterocycles. The minimum atomic E-state index is 0.495. The van der Waals surface area contributed by atoms with Gasteiger partial charge in [-0.3, -0.25) is 0 Å². The summed E-state index contributed by atoms with van der Waals surface area (Å²) < 4.78 is 0.837. The molecule has 2 heteroatoms. The number of alkyl halides is 1. The number of hydrogen-bond acceptors (Lipinski definition) is 1. The first-order valence-electron chi connectivity index (χ1n) is 6.19. The minimum Gasteiger partial charge on any atom is -0.313 e. The lowest BCUT2D eigenvalue weighted by atomic mass is 9.64. The van der Waals surface area contributed by atoms with E-state index in [-0.39, 0.29) is 0 Å². The highest BCUT2D eigenvalue weighted by atomic mass is 127. The van der Waals surface area contributed by atoms with Gasteiger partial charge in [-0.2, -0.15) is 0 Å². The molecular weight excluding hydrogens is 297 g/mol. The molecule has 0 bridgehead atoms. The Bertz CT molecular complexity index is 237. The summed E-state index contributed by atoms with van der Waals surface area (Å²) in [7, 11) is 0. The van der Waals surface area contributed by atoms with E-state index in [2.05, 4.69) is 47.8 Å². The lowest BCUT2D eigenvalue weighted by Gasteiger charge is -2.46. The van der Waals surface area contributed by atoms with Gasteiger partial charge in [-0.05, 0) is 30.7 Å². The zero-order chi connectivity index (χ0) is 11.5. The Morgan fingerprint density at radius 1 is 1.47 bits per heavy atom. The maximum absolute atomic E-state index is 3.47. The minimum absolute atomic E-state index is 0.495. The number of piperidine rings is 1. The van der Waals surface area contributed by atoms with Crippen LogP contribution < -0.4 is 5.32 Å². The van der Waals surface area contributed by atoms with Crippen LogP contribution in [0.5, 0.6) is 0 Å². The number of fused-ring (bicyclic) bond motifs is 1. The largest absolute Gasteiger partial charge is 0.313 e. The molecule has 0 radical (unpaired) electrons.